The predicted octanol–water partition coefficient (Wildman–Crippen LogP) is 1.86. The number of nitrogens with zero attached hydrogens (tertiary/aromatic N) is 1. The molecule has 0 aliphatic heterocycles. The molecule has 110 valence electrons. The van der Waals surface area contributed by atoms with Gasteiger partial charge < -0.3 is 9.50 Å². The number of rotatable bonds is 5. The zero-order valence-corrected chi connectivity index (χ0v) is 11.5. The van der Waals surface area contributed by atoms with E-state index in [-0.39, 0.29) is 18.1 Å². The lowest BCUT2D eigenvalue weighted by atomic mass is 10.2. The number of carbonyl (C=O) groups excluding carboxylic acids is 1. The lowest BCUT2D eigenvalue weighted by Gasteiger charge is -2.06. The first-order chi connectivity index (χ1) is 9.92. The number of halogens is 1. The van der Waals surface area contributed by atoms with Crippen molar-refractivity contribution in [3.05, 3.63) is 54.4 Å². The Hall–Kier alpha value is -2.48. The van der Waals surface area contributed by atoms with Crippen LogP contribution in [0.4, 0.5) is 9.57 Å². The Morgan fingerprint density at radius 1 is 1.29 bits per heavy atom. The highest BCUT2D eigenvalue weighted by molar-refractivity contribution is 7.81. The Morgan fingerprint density at radius 2 is 2.10 bits per heavy atom. The van der Waals surface area contributed by atoms with Gasteiger partial charge in [-0.05, 0) is 23.8 Å². The van der Waals surface area contributed by atoms with Crippen molar-refractivity contribution in [2.45, 2.75) is 6.42 Å². The van der Waals surface area contributed by atoms with Crippen molar-refractivity contribution in [3.63, 3.8) is 0 Å². The number of amides is 1. The van der Waals surface area contributed by atoms with Gasteiger partial charge in [-0.2, -0.15) is 8.42 Å². The fourth-order valence-corrected chi connectivity index (χ4v) is 1.97. The summed E-state index contributed by atoms with van der Waals surface area (Å²) < 4.78 is 37.3. The predicted molar refractivity (Wildman–Crippen MR) is 73.7 cm³/mol. The summed E-state index contributed by atoms with van der Waals surface area (Å²) in [6.07, 6.45) is 3.27. The van der Waals surface area contributed by atoms with Crippen LogP contribution >= 0.6 is 0 Å². The molecule has 0 aliphatic carbocycles. The molecule has 21 heavy (non-hydrogen) atoms. The maximum atomic E-state index is 12.4. The third-order valence-electron chi connectivity index (χ3n) is 2.40. The van der Waals surface area contributed by atoms with Gasteiger partial charge in [0.15, 0.2) is 0 Å². The van der Waals surface area contributed by atoms with E-state index >= 15 is 0 Å². The van der Waals surface area contributed by atoms with Gasteiger partial charge in [0.25, 0.3) is 0 Å². The molecule has 0 aliphatic rings. The van der Waals surface area contributed by atoms with E-state index in [9.17, 15) is 17.1 Å². The molecule has 0 saturated carbocycles. The lowest BCUT2D eigenvalue weighted by molar-refractivity contribution is -0.115. The molecule has 0 fully saturated rings. The van der Waals surface area contributed by atoms with Crippen molar-refractivity contribution in [1.82, 2.24) is 4.98 Å². The highest BCUT2D eigenvalue weighted by Gasteiger charge is 2.10. The summed E-state index contributed by atoms with van der Waals surface area (Å²) in [7, 11) is -5.09. The van der Waals surface area contributed by atoms with Gasteiger partial charge in [-0.1, -0.05) is 16.0 Å². The molecule has 0 bridgehead atoms. The first kappa shape index (κ1) is 14.9. The van der Waals surface area contributed by atoms with Gasteiger partial charge in [0, 0.05) is 24.1 Å². The number of hydrogen-bond donors (Lipinski definition) is 1. The monoisotopic (exact) mass is 310 g/mol. The molecule has 0 unspecified atom stereocenters. The Bertz CT molecular complexity index is 735. The number of nitrogens with one attached hydrogen (secondary N) is 1. The van der Waals surface area contributed by atoms with Crippen LogP contribution in [0.15, 0.2) is 48.8 Å². The normalized spacial score (nSPS) is 10.9. The van der Waals surface area contributed by atoms with Crippen molar-refractivity contribution < 1.29 is 21.3 Å². The molecule has 0 saturated heterocycles. The van der Waals surface area contributed by atoms with Crippen molar-refractivity contribution in [2.24, 2.45) is 0 Å². The summed E-state index contributed by atoms with van der Waals surface area (Å²) in [6, 6.07) is 8.89. The Morgan fingerprint density at radius 3 is 2.76 bits per heavy atom. The smallest absolute Gasteiger partial charge is 0.358 e. The number of hydrogen-bond acceptors (Lipinski definition) is 5. The minimum Gasteiger partial charge on any atom is -0.358 e. The Kier molecular flexibility index (Phi) is 4.49. The SMILES string of the molecule is O=C(Cc1cccnc1)Nc1cccc(OS(=O)(=O)F)c1. The maximum absolute atomic E-state index is 12.4. The standard InChI is InChI=1S/C13H11FN2O4S/c14-21(18,19)20-12-5-1-4-11(8-12)16-13(17)7-10-3-2-6-15-9-10/h1-6,8-9H,7H2,(H,16,17). The Balaban J connectivity index is 2.02. The summed E-state index contributed by atoms with van der Waals surface area (Å²) in [6.45, 7) is 0. The van der Waals surface area contributed by atoms with Crippen molar-refractivity contribution in [3.8, 4) is 5.75 Å². The molecule has 1 N–H and O–H groups in total. The first-order valence-corrected chi connectivity index (χ1v) is 7.16. The van der Waals surface area contributed by atoms with Gasteiger partial charge in [-0.3, -0.25) is 9.78 Å². The van der Waals surface area contributed by atoms with Gasteiger partial charge in [0.05, 0.1) is 6.42 Å². The van der Waals surface area contributed by atoms with Gasteiger partial charge in [0.1, 0.15) is 5.75 Å². The number of aromatic nitrogens is 1. The van der Waals surface area contributed by atoms with Crippen LogP contribution in [0, 0.1) is 0 Å². The molecule has 1 amide bonds. The molecular formula is C13H11FN2O4S. The van der Waals surface area contributed by atoms with E-state index in [1.54, 1.807) is 24.5 Å². The second kappa shape index (κ2) is 6.31. The van der Waals surface area contributed by atoms with E-state index in [0.29, 0.717) is 5.69 Å². The molecule has 0 radical (unpaired) electrons. The molecule has 6 nitrogen and oxygen atoms in total. The van der Waals surface area contributed by atoms with Gasteiger partial charge in [-0.15, -0.1) is 0 Å². The third-order valence-corrected chi connectivity index (χ3v) is 2.79. The molecule has 8 heteroatoms. The van der Waals surface area contributed by atoms with Gasteiger partial charge >= 0.3 is 10.5 Å². The second-order valence-electron chi connectivity index (χ2n) is 4.09. The van der Waals surface area contributed by atoms with E-state index in [1.165, 1.54) is 24.3 Å². The van der Waals surface area contributed by atoms with E-state index in [2.05, 4.69) is 14.5 Å². The number of benzene rings is 1. The summed E-state index contributed by atoms with van der Waals surface area (Å²) >= 11 is 0. The lowest BCUT2D eigenvalue weighted by Crippen LogP contribution is -2.14. The quantitative estimate of drug-likeness (QED) is 0.852. The molecular weight excluding hydrogens is 299 g/mol. The van der Waals surface area contributed by atoms with Crippen LogP contribution in [-0.4, -0.2) is 19.3 Å². The zero-order chi connectivity index (χ0) is 15.3. The topological polar surface area (TPSA) is 85.4 Å². The summed E-state index contributed by atoms with van der Waals surface area (Å²) in [5.41, 5.74) is 1.03. The van der Waals surface area contributed by atoms with Crippen molar-refractivity contribution in [2.75, 3.05) is 5.32 Å². The van der Waals surface area contributed by atoms with Crippen LogP contribution in [0.5, 0.6) is 5.75 Å². The van der Waals surface area contributed by atoms with E-state index in [4.69, 9.17) is 0 Å². The van der Waals surface area contributed by atoms with E-state index in [0.717, 1.165) is 5.56 Å². The Labute approximate surface area is 121 Å². The highest BCUT2D eigenvalue weighted by Crippen LogP contribution is 2.19. The van der Waals surface area contributed by atoms with Crippen LogP contribution in [0.25, 0.3) is 0 Å². The van der Waals surface area contributed by atoms with Crippen molar-refractivity contribution in [1.29, 1.82) is 0 Å². The molecule has 2 rings (SSSR count). The van der Waals surface area contributed by atoms with Crippen LogP contribution in [-0.2, 0) is 21.7 Å². The third kappa shape index (κ3) is 5.19. The number of carbonyl (C=O) groups is 1. The summed E-state index contributed by atoms with van der Waals surface area (Å²) in [5.74, 6) is -0.542. The molecule has 1 heterocycles. The number of pyridine rings is 1. The molecule has 2 aromatic rings. The molecule has 0 atom stereocenters. The first-order valence-electron chi connectivity index (χ1n) is 5.85. The molecule has 1 aromatic heterocycles. The highest BCUT2D eigenvalue weighted by atomic mass is 32.3. The van der Waals surface area contributed by atoms with Crippen LogP contribution < -0.4 is 9.50 Å². The van der Waals surface area contributed by atoms with Gasteiger partial charge in [-0.25, -0.2) is 0 Å². The van der Waals surface area contributed by atoms with E-state index in [1.807, 2.05) is 0 Å². The maximum Gasteiger partial charge on any atom is 0.488 e. The fraction of sp³-hybridized carbons (Fsp3) is 0.0769. The minimum absolute atomic E-state index is 0.111. The largest absolute Gasteiger partial charge is 0.488 e. The fourth-order valence-electron chi connectivity index (χ4n) is 1.63. The van der Waals surface area contributed by atoms with Crippen LogP contribution in [0.2, 0.25) is 0 Å². The summed E-state index contributed by atoms with van der Waals surface area (Å²) in [4.78, 5) is 15.7. The molecule has 0 spiro atoms. The average molecular weight is 310 g/mol. The second-order valence-corrected chi connectivity index (χ2v) is 5.04. The van der Waals surface area contributed by atoms with Crippen molar-refractivity contribution >= 4 is 22.1 Å². The van der Waals surface area contributed by atoms with Crippen LogP contribution in [0.3, 0.4) is 0 Å². The average Bonchev–Trinajstić information content (AvgIpc) is 2.38. The minimum atomic E-state index is -5.09. The molecule has 1 aromatic carbocycles. The summed E-state index contributed by atoms with van der Waals surface area (Å²) in [5, 5.41) is 2.55. The van der Waals surface area contributed by atoms with Crippen LogP contribution in [0.1, 0.15) is 5.56 Å². The van der Waals surface area contributed by atoms with E-state index < -0.39 is 10.5 Å². The zero-order valence-electron chi connectivity index (χ0n) is 10.7. The van der Waals surface area contributed by atoms with Gasteiger partial charge in [0.2, 0.25) is 5.91 Å². The number of anilines is 1.